The highest BCUT2D eigenvalue weighted by atomic mass is 16.8. The summed E-state index contributed by atoms with van der Waals surface area (Å²) in [6, 6.07) is 0. The van der Waals surface area contributed by atoms with Gasteiger partial charge in [0.05, 0.1) is 13.2 Å². The van der Waals surface area contributed by atoms with E-state index in [1.165, 1.54) is 13.8 Å². The number of carboxylic acids is 1. The minimum absolute atomic E-state index is 0.137. The van der Waals surface area contributed by atoms with Gasteiger partial charge >= 0.3 is 29.7 Å². The third-order valence-electron chi connectivity index (χ3n) is 2.83. The number of carbonyl (C=O) groups is 4. The minimum atomic E-state index is -2.81. The summed E-state index contributed by atoms with van der Waals surface area (Å²) in [4.78, 5) is 48.0. The van der Waals surface area contributed by atoms with E-state index in [0.29, 0.717) is 0 Å². The summed E-state index contributed by atoms with van der Waals surface area (Å²) in [7, 11) is 0. The number of aliphatic carboxylic acids is 1. The molecule has 0 aromatic carbocycles. The molecular weight excluding hydrogens is 340 g/mol. The van der Waals surface area contributed by atoms with E-state index < -0.39 is 47.5 Å². The molecule has 0 saturated carbocycles. The normalized spacial score (nSPS) is 22.1. The highest BCUT2D eigenvalue weighted by molar-refractivity contribution is 6.03. The maximum Gasteiger partial charge on any atom is 0.379 e. The summed E-state index contributed by atoms with van der Waals surface area (Å²) >= 11 is 0. The van der Waals surface area contributed by atoms with Gasteiger partial charge in [-0.05, 0) is 34.6 Å². The molecule has 0 bridgehead atoms. The zero-order valence-electron chi connectivity index (χ0n) is 14.7. The van der Waals surface area contributed by atoms with Gasteiger partial charge in [-0.25, -0.2) is 19.2 Å². The first-order valence-corrected chi connectivity index (χ1v) is 7.64. The van der Waals surface area contributed by atoms with Gasteiger partial charge < -0.3 is 28.8 Å². The van der Waals surface area contributed by atoms with Crippen LogP contribution in [0.25, 0.3) is 0 Å². The van der Waals surface area contributed by atoms with E-state index >= 15 is 0 Å². The highest BCUT2D eigenvalue weighted by Gasteiger charge is 2.65. The Labute approximate surface area is 144 Å². The Morgan fingerprint density at radius 1 is 0.960 bits per heavy atom. The van der Waals surface area contributed by atoms with E-state index in [0.717, 1.165) is 0 Å². The molecule has 1 aliphatic rings. The van der Waals surface area contributed by atoms with Crippen LogP contribution in [0.4, 0.5) is 0 Å². The molecule has 0 unspecified atom stereocenters. The number of carbonyl (C=O) groups excluding carboxylic acids is 3. The Kier molecular flexibility index (Phi) is 6.49. The SMILES string of the molecule is CCOC(=O)C1(C(=O)OCC)O[C@H](C(=O)O)[C@@H](C(=O)OC(C)(C)C)O1. The van der Waals surface area contributed by atoms with Gasteiger partial charge in [-0.2, -0.15) is 0 Å². The highest BCUT2D eigenvalue weighted by Crippen LogP contribution is 2.33. The topological polar surface area (TPSA) is 135 Å². The van der Waals surface area contributed by atoms with Crippen LogP contribution in [0.15, 0.2) is 0 Å². The van der Waals surface area contributed by atoms with Crippen molar-refractivity contribution in [2.75, 3.05) is 13.2 Å². The van der Waals surface area contributed by atoms with Gasteiger partial charge in [-0.1, -0.05) is 0 Å². The molecule has 10 nitrogen and oxygen atoms in total. The molecule has 0 radical (unpaired) electrons. The quantitative estimate of drug-likeness (QED) is 0.391. The monoisotopic (exact) mass is 362 g/mol. The van der Waals surface area contributed by atoms with E-state index in [9.17, 15) is 24.3 Å². The summed E-state index contributed by atoms with van der Waals surface area (Å²) in [6.45, 7) is 7.32. The van der Waals surface area contributed by atoms with Gasteiger partial charge in [-0.15, -0.1) is 0 Å². The average molecular weight is 362 g/mol. The van der Waals surface area contributed by atoms with E-state index in [1.807, 2.05) is 0 Å². The van der Waals surface area contributed by atoms with Gasteiger partial charge in [0, 0.05) is 0 Å². The Morgan fingerprint density at radius 3 is 1.76 bits per heavy atom. The van der Waals surface area contributed by atoms with Crippen LogP contribution < -0.4 is 0 Å². The number of ether oxygens (including phenoxy) is 5. The van der Waals surface area contributed by atoms with Crippen LogP contribution in [0.2, 0.25) is 0 Å². The zero-order valence-corrected chi connectivity index (χ0v) is 14.7. The van der Waals surface area contributed by atoms with Gasteiger partial charge in [0.2, 0.25) is 0 Å². The Hall–Kier alpha value is -2.20. The molecule has 1 fully saturated rings. The lowest BCUT2D eigenvalue weighted by Crippen LogP contribution is -2.51. The summed E-state index contributed by atoms with van der Waals surface area (Å²) in [5.41, 5.74) is -0.956. The van der Waals surface area contributed by atoms with Gasteiger partial charge in [0.1, 0.15) is 5.60 Å². The molecular formula is C15H22O10. The zero-order chi connectivity index (χ0) is 19.4. The van der Waals surface area contributed by atoms with E-state index in [4.69, 9.17) is 23.7 Å². The maximum atomic E-state index is 12.2. The third-order valence-corrected chi connectivity index (χ3v) is 2.83. The molecule has 10 heteroatoms. The molecule has 0 aromatic rings. The van der Waals surface area contributed by atoms with Crippen molar-refractivity contribution in [2.45, 2.75) is 58.2 Å². The average Bonchev–Trinajstić information content (AvgIpc) is 2.88. The van der Waals surface area contributed by atoms with Crippen LogP contribution in [0, 0.1) is 0 Å². The lowest BCUT2D eigenvalue weighted by molar-refractivity contribution is -0.228. The van der Waals surface area contributed by atoms with Gasteiger partial charge in [0.15, 0.2) is 12.2 Å². The van der Waals surface area contributed by atoms with Crippen molar-refractivity contribution in [1.82, 2.24) is 0 Å². The van der Waals surface area contributed by atoms with E-state index in [2.05, 4.69) is 0 Å². The molecule has 1 saturated heterocycles. The van der Waals surface area contributed by atoms with Crippen LogP contribution in [-0.2, 0) is 42.9 Å². The molecule has 142 valence electrons. The molecule has 0 amide bonds. The lowest BCUT2D eigenvalue weighted by Gasteiger charge is -2.24. The molecule has 0 spiro atoms. The summed E-state index contributed by atoms with van der Waals surface area (Å²) in [5, 5.41) is 9.27. The molecule has 1 rings (SSSR count). The first-order valence-electron chi connectivity index (χ1n) is 7.64. The number of hydrogen-bond acceptors (Lipinski definition) is 9. The third kappa shape index (κ3) is 4.67. The van der Waals surface area contributed by atoms with Crippen molar-refractivity contribution in [3.8, 4) is 0 Å². The van der Waals surface area contributed by atoms with Crippen molar-refractivity contribution in [2.24, 2.45) is 0 Å². The number of rotatable bonds is 6. The van der Waals surface area contributed by atoms with E-state index in [1.54, 1.807) is 20.8 Å². The predicted molar refractivity (Wildman–Crippen MR) is 79.2 cm³/mol. The molecule has 0 aromatic heterocycles. The minimum Gasteiger partial charge on any atom is -0.479 e. The van der Waals surface area contributed by atoms with E-state index in [-0.39, 0.29) is 13.2 Å². The molecule has 1 aliphatic heterocycles. The van der Waals surface area contributed by atoms with Gasteiger partial charge in [-0.3, -0.25) is 0 Å². The number of esters is 3. The lowest BCUT2D eigenvalue weighted by atomic mass is 10.1. The summed E-state index contributed by atoms with van der Waals surface area (Å²) in [6.07, 6.45) is -3.81. The predicted octanol–water partition coefficient (Wildman–Crippen LogP) is 0.0192. The second-order valence-corrected chi connectivity index (χ2v) is 6.01. The fraction of sp³-hybridized carbons (Fsp3) is 0.733. The Balaban J connectivity index is 3.24. The maximum absolute atomic E-state index is 12.2. The number of hydrogen-bond donors (Lipinski definition) is 1. The van der Waals surface area contributed by atoms with Crippen molar-refractivity contribution < 1.29 is 48.0 Å². The summed E-state index contributed by atoms with van der Waals surface area (Å²) < 4.78 is 24.6. The van der Waals surface area contributed by atoms with Crippen LogP contribution in [-0.4, -0.2) is 65.8 Å². The molecule has 1 heterocycles. The fourth-order valence-corrected chi connectivity index (χ4v) is 1.95. The first-order chi connectivity index (χ1) is 11.5. The molecule has 0 aliphatic carbocycles. The van der Waals surface area contributed by atoms with Crippen molar-refractivity contribution in [1.29, 1.82) is 0 Å². The largest absolute Gasteiger partial charge is 0.479 e. The molecule has 2 atom stereocenters. The fourth-order valence-electron chi connectivity index (χ4n) is 1.95. The molecule has 25 heavy (non-hydrogen) atoms. The van der Waals surface area contributed by atoms with Crippen molar-refractivity contribution in [3.05, 3.63) is 0 Å². The van der Waals surface area contributed by atoms with Crippen molar-refractivity contribution in [3.63, 3.8) is 0 Å². The standard InChI is InChI=1S/C15H22O10/c1-6-21-12(19)15(13(20)22-7-2)23-8(10(16)17)9(24-15)11(18)25-14(3,4)5/h8-9H,6-7H2,1-5H3,(H,16,17)/t8-,9-/m0/s1. The van der Waals surface area contributed by atoms with Crippen LogP contribution in [0.5, 0.6) is 0 Å². The summed E-state index contributed by atoms with van der Waals surface area (Å²) in [5.74, 6) is -8.16. The Morgan fingerprint density at radius 2 is 1.40 bits per heavy atom. The smallest absolute Gasteiger partial charge is 0.379 e. The second kappa shape index (κ2) is 7.79. The molecule has 1 N–H and O–H groups in total. The van der Waals surface area contributed by atoms with Crippen LogP contribution >= 0.6 is 0 Å². The Bertz CT molecular complexity index is 529. The van der Waals surface area contributed by atoms with Gasteiger partial charge in [0.25, 0.3) is 0 Å². The second-order valence-electron chi connectivity index (χ2n) is 6.01. The number of carboxylic acid groups (broad SMARTS) is 1. The van der Waals surface area contributed by atoms with Crippen molar-refractivity contribution >= 4 is 23.9 Å². The van der Waals surface area contributed by atoms with Crippen LogP contribution in [0.1, 0.15) is 34.6 Å². The van der Waals surface area contributed by atoms with Crippen LogP contribution in [0.3, 0.4) is 0 Å². The first kappa shape index (κ1) is 20.8.